The second-order valence-corrected chi connectivity index (χ2v) is 4.29. The molecule has 0 saturated heterocycles. The number of halogens is 1. The number of Topliss-reactive ketones (excluding diaryl/α,β-unsaturated/α-hetero) is 1. The van der Waals surface area contributed by atoms with Crippen molar-refractivity contribution in [2.24, 2.45) is 0 Å². The quantitative estimate of drug-likeness (QED) is 0.784. The highest BCUT2D eigenvalue weighted by atomic mass is 19.1. The number of carbonyl (C=O) groups is 1. The van der Waals surface area contributed by atoms with Crippen molar-refractivity contribution in [2.75, 3.05) is 0 Å². The Balaban J connectivity index is 2.42. The summed E-state index contributed by atoms with van der Waals surface area (Å²) in [5.74, 6) is -1.76. The number of ketones is 1. The topological polar surface area (TPSA) is 40.9 Å². The average Bonchev–Trinajstić information content (AvgIpc) is 2.41. The zero-order chi connectivity index (χ0) is 13.8. The Morgan fingerprint density at radius 1 is 1.21 bits per heavy atom. The van der Waals surface area contributed by atoms with Crippen LogP contribution in [0.5, 0.6) is 0 Å². The van der Waals surface area contributed by atoms with Crippen LogP contribution < -0.4 is 0 Å². The van der Waals surface area contributed by atoms with Crippen LogP contribution in [-0.2, 0) is 0 Å². The molecule has 3 heteroatoms. The number of hydrogen-bond donors (Lipinski definition) is 0. The maximum absolute atomic E-state index is 13.1. The first-order valence-corrected chi connectivity index (χ1v) is 5.88. The molecule has 0 saturated carbocycles. The molecule has 19 heavy (non-hydrogen) atoms. The lowest BCUT2D eigenvalue weighted by atomic mass is 9.89. The van der Waals surface area contributed by atoms with Crippen molar-refractivity contribution in [3.8, 4) is 6.07 Å². The van der Waals surface area contributed by atoms with Gasteiger partial charge in [0, 0.05) is 5.56 Å². The van der Waals surface area contributed by atoms with Gasteiger partial charge in [0.05, 0.1) is 6.07 Å². The Labute approximate surface area is 111 Å². The maximum Gasteiger partial charge on any atom is 0.184 e. The number of nitrogens with zero attached hydrogens (tertiary/aromatic N) is 1. The minimum Gasteiger partial charge on any atom is -0.292 e. The van der Waals surface area contributed by atoms with Gasteiger partial charge in [0.1, 0.15) is 11.7 Å². The van der Waals surface area contributed by atoms with E-state index in [0.29, 0.717) is 5.56 Å². The number of carbonyl (C=O) groups excluding carboxylic acids is 1. The molecule has 2 aromatic rings. The van der Waals surface area contributed by atoms with Gasteiger partial charge in [0.15, 0.2) is 5.78 Å². The summed E-state index contributed by atoms with van der Waals surface area (Å²) in [7, 11) is 0. The van der Waals surface area contributed by atoms with Crippen LogP contribution in [0.4, 0.5) is 4.39 Å². The molecule has 94 valence electrons. The first-order valence-electron chi connectivity index (χ1n) is 5.88. The molecule has 2 aromatic carbocycles. The highest BCUT2D eigenvalue weighted by Gasteiger charge is 2.23. The third kappa shape index (κ3) is 2.69. The van der Waals surface area contributed by atoms with E-state index in [9.17, 15) is 14.4 Å². The van der Waals surface area contributed by atoms with Crippen molar-refractivity contribution in [3.63, 3.8) is 0 Å². The molecule has 0 aliphatic rings. The fourth-order valence-corrected chi connectivity index (χ4v) is 1.99. The van der Waals surface area contributed by atoms with Gasteiger partial charge in [-0.05, 0) is 30.2 Å². The van der Waals surface area contributed by atoms with E-state index in [2.05, 4.69) is 0 Å². The number of benzene rings is 2. The molecule has 0 aliphatic heterocycles. The van der Waals surface area contributed by atoms with E-state index >= 15 is 0 Å². The molecular formula is C16H12FNO. The van der Waals surface area contributed by atoms with Crippen molar-refractivity contribution in [3.05, 3.63) is 71.0 Å². The smallest absolute Gasteiger partial charge is 0.184 e. The minimum absolute atomic E-state index is 0.217. The third-order valence-electron chi connectivity index (χ3n) is 3.00. The molecule has 0 aromatic heterocycles. The highest BCUT2D eigenvalue weighted by Crippen LogP contribution is 2.23. The van der Waals surface area contributed by atoms with E-state index in [0.717, 1.165) is 11.6 Å². The van der Waals surface area contributed by atoms with Gasteiger partial charge < -0.3 is 0 Å². The van der Waals surface area contributed by atoms with Crippen LogP contribution >= 0.6 is 0 Å². The summed E-state index contributed by atoms with van der Waals surface area (Å²) in [5, 5.41) is 9.24. The highest BCUT2D eigenvalue weighted by molar-refractivity contribution is 6.02. The first kappa shape index (κ1) is 13.0. The molecular weight excluding hydrogens is 241 g/mol. The zero-order valence-electron chi connectivity index (χ0n) is 10.4. The van der Waals surface area contributed by atoms with E-state index in [4.69, 9.17) is 0 Å². The lowest BCUT2D eigenvalue weighted by molar-refractivity contribution is 0.0978. The van der Waals surface area contributed by atoms with Crippen molar-refractivity contribution >= 4 is 5.78 Å². The van der Waals surface area contributed by atoms with Crippen molar-refractivity contribution in [1.82, 2.24) is 0 Å². The second kappa shape index (κ2) is 5.45. The lowest BCUT2D eigenvalue weighted by Gasteiger charge is -2.11. The van der Waals surface area contributed by atoms with Crippen LogP contribution in [0.15, 0.2) is 48.5 Å². The molecule has 0 radical (unpaired) electrons. The number of hydrogen-bond acceptors (Lipinski definition) is 2. The van der Waals surface area contributed by atoms with Crippen molar-refractivity contribution in [2.45, 2.75) is 12.8 Å². The second-order valence-electron chi connectivity index (χ2n) is 4.29. The zero-order valence-corrected chi connectivity index (χ0v) is 10.4. The van der Waals surface area contributed by atoms with Gasteiger partial charge in [-0.1, -0.05) is 36.4 Å². The van der Waals surface area contributed by atoms with Gasteiger partial charge >= 0.3 is 0 Å². The summed E-state index contributed by atoms with van der Waals surface area (Å²) in [6.45, 7) is 1.85. The van der Waals surface area contributed by atoms with E-state index in [1.54, 1.807) is 12.1 Å². The van der Waals surface area contributed by atoms with E-state index in [1.165, 1.54) is 18.2 Å². The number of aryl methyl sites for hydroxylation is 1. The normalized spacial score (nSPS) is 11.6. The van der Waals surface area contributed by atoms with Gasteiger partial charge in [-0.3, -0.25) is 4.79 Å². The summed E-state index contributed by atoms with van der Waals surface area (Å²) in [6.07, 6.45) is 0. The van der Waals surface area contributed by atoms with Crippen molar-refractivity contribution in [1.29, 1.82) is 5.26 Å². The fraction of sp³-hybridized carbons (Fsp3) is 0.125. The van der Waals surface area contributed by atoms with Gasteiger partial charge in [-0.25, -0.2) is 4.39 Å². The average molecular weight is 253 g/mol. The van der Waals surface area contributed by atoms with Gasteiger partial charge in [-0.2, -0.15) is 5.26 Å². The van der Waals surface area contributed by atoms with Crippen LogP contribution in [0.1, 0.15) is 27.4 Å². The molecule has 0 bridgehead atoms. The number of rotatable bonds is 3. The summed E-state index contributed by atoms with van der Waals surface area (Å²) in [6, 6.07) is 14.6. The van der Waals surface area contributed by atoms with Crippen LogP contribution in [0.25, 0.3) is 0 Å². The molecule has 0 aliphatic carbocycles. The van der Waals surface area contributed by atoms with Gasteiger partial charge in [0.25, 0.3) is 0 Å². The molecule has 0 heterocycles. The fourth-order valence-electron chi connectivity index (χ4n) is 1.99. The summed E-state index contributed by atoms with van der Waals surface area (Å²) in [5.41, 5.74) is 1.76. The Morgan fingerprint density at radius 3 is 2.58 bits per heavy atom. The van der Waals surface area contributed by atoms with Crippen LogP contribution in [0, 0.1) is 24.1 Å². The molecule has 0 spiro atoms. The number of nitriles is 1. The summed E-state index contributed by atoms with van der Waals surface area (Å²) in [4.78, 5) is 12.3. The SMILES string of the molecule is Cc1ccccc1C(C#N)C(=O)c1cccc(F)c1. The molecule has 2 nitrogen and oxygen atoms in total. The molecule has 0 fully saturated rings. The van der Waals surface area contributed by atoms with E-state index < -0.39 is 11.7 Å². The molecule has 2 rings (SSSR count). The predicted molar refractivity (Wildman–Crippen MR) is 70.3 cm³/mol. The Bertz CT molecular complexity index is 658. The van der Waals surface area contributed by atoms with Crippen LogP contribution in [-0.4, -0.2) is 5.78 Å². The van der Waals surface area contributed by atoms with E-state index in [1.807, 2.05) is 25.1 Å². The Hall–Kier alpha value is -2.47. The minimum atomic E-state index is -0.900. The Kier molecular flexibility index (Phi) is 3.72. The van der Waals surface area contributed by atoms with Gasteiger partial charge in [0.2, 0.25) is 0 Å². The monoisotopic (exact) mass is 253 g/mol. The molecule has 0 N–H and O–H groups in total. The standard InChI is InChI=1S/C16H12FNO/c1-11-5-2-3-8-14(11)15(10-18)16(19)12-6-4-7-13(17)9-12/h2-9,15H,1H3. The maximum atomic E-state index is 13.1. The first-order chi connectivity index (χ1) is 9.13. The summed E-state index contributed by atoms with van der Waals surface area (Å²) >= 11 is 0. The van der Waals surface area contributed by atoms with Gasteiger partial charge in [-0.15, -0.1) is 0 Å². The van der Waals surface area contributed by atoms with E-state index in [-0.39, 0.29) is 11.3 Å². The van der Waals surface area contributed by atoms with Crippen molar-refractivity contribution < 1.29 is 9.18 Å². The van der Waals surface area contributed by atoms with Crippen LogP contribution in [0.3, 0.4) is 0 Å². The molecule has 1 unspecified atom stereocenters. The lowest BCUT2D eigenvalue weighted by Crippen LogP contribution is -2.12. The molecule has 1 atom stereocenters. The third-order valence-corrected chi connectivity index (χ3v) is 3.00. The summed E-state index contributed by atoms with van der Waals surface area (Å²) < 4.78 is 13.1. The van der Waals surface area contributed by atoms with Crippen LogP contribution in [0.2, 0.25) is 0 Å². The predicted octanol–water partition coefficient (Wildman–Crippen LogP) is 3.62. The molecule has 0 amide bonds. The Morgan fingerprint density at radius 2 is 1.95 bits per heavy atom. The largest absolute Gasteiger partial charge is 0.292 e.